The van der Waals surface area contributed by atoms with Crippen LogP contribution >= 0.6 is 11.3 Å². The summed E-state index contributed by atoms with van der Waals surface area (Å²) in [6.07, 6.45) is 0.768. The number of aliphatic carboxylic acids is 1. The van der Waals surface area contributed by atoms with Crippen LogP contribution in [-0.4, -0.2) is 53.1 Å². The van der Waals surface area contributed by atoms with E-state index in [1.165, 1.54) is 11.3 Å². The minimum absolute atomic E-state index is 0.169. The zero-order valence-electron chi connectivity index (χ0n) is 15.1. The number of aromatic nitrogens is 1. The number of hydrogen-bond acceptors (Lipinski definition) is 6. The lowest BCUT2D eigenvalue weighted by molar-refractivity contribution is -0.139. The molecule has 2 N–H and O–H groups in total. The van der Waals surface area contributed by atoms with Crippen LogP contribution in [0.25, 0.3) is 11.3 Å². The predicted molar refractivity (Wildman–Crippen MR) is 102 cm³/mol. The van der Waals surface area contributed by atoms with Gasteiger partial charge in [-0.05, 0) is 44.2 Å². The first-order valence-corrected chi connectivity index (χ1v) is 9.19. The van der Waals surface area contributed by atoms with Gasteiger partial charge in [-0.15, -0.1) is 11.3 Å². The smallest absolute Gasteiger partial charge is 0.317 e. The fraction of sp³-hybridized carbons (Fsp3) is 0.389. The highest BCUT2D eigenvalue weighted by Gasteiger charge is 2.23. The van der Waals surface area contributed by atoms with Crippen LogP contribution in [0.15, 0.2) is 29.6 Å². The lowest BCUT2D eigenvalue weighted by Gasteiger charge is -2.25. The molecule has 2 aromatic rings. The second-order valence-electron chi connectivity index (χ2n) is 5.80. The van der Waals surface area contributed by atoms with Crippen LogP contribution in [0.1, 0.15) is 20.3 Å². The molecule has 8 heteroatoms. The number of carboxylic acid groups (broad SMARTS) is 1. The first-order valence-electron chi connectivity index (χ1n) is 8.31. The van der Waals surface area contributed by atoms with Crippen molar-refractivity contribution >= 4 is 28.3 Å². The molecule has 1 aromatic carbocycles. The van der Waals surface area contributed by atoms with E-state index < -0.39 is 12.0 Å². The van der Waals surface area contributed by atoms with Crippen molar-refractivity contribution in [1.29, 1.82) is 0 Å². The molecule has 140 valence electrons. The summed E-state index contributed by atoms with van der Waals surface area (Å²) in [5.74, 6) is -0.453. The molecule has 1 aromatic heterocycles. The molecule has 1 unspecified atom stereocenters. The number of anilines is 1. The van der Waals surface area contributed by atoms with Crippen LogP contribution in [0.5, 0.6) is 5.75 Å². The number of carbonyl (C=O) groups excluding carboxylic acids is 1. The van der Waals surface area contributed by atoms with E-state index in [1.54, 1.807) is 18.9 Å². The van der Waals surface area contributed by atoms with E-state index in [9.17, 15) is 9.59 Å². The first-order chi connectivity index (χ1) is 12.4. The summed E-state index contributed by atoms with van der Waals surface area (Å²) >= 11 is 1.33. The first kappa shape index (κ1) is 19.9. The molecular weight excluding hydrogens is 354 g/mol. The minimum atomic E-state index is -0.950. The van der Waals surface area contributed by atoms with Crippen LogP contribution in [0.4, 0.5) is 5.13 Å². The lowest BCUT2D eigenvalue weighted by atomic mass is 10.2. The summed E-state index contributed by atoms with van der Waals surface area (Å²) in [5.41, 5.74) is 1.69. The molecule has 2 rings (SSSR count). The van der Waals surface area contributed by atoms with Gasteiger partial charge in [0.2, 0.25) is 5.91 Å². The lowest BCUT2D eigenvalue weighted by Crippen LogP contribution is -2.44. The predicted octanol–water partition coefficient (Wildman–Crippen LogP) is 2.94. The van der Waals surface area contributed by atoms with E-state index in [-0.39, 0.29) is 12.5 Å². The molecular formula is C18H23N3O4S. The maximum Gasteiger partial charge on any atom is 0.317 e. The zero-order valence-corrected chi connectivity index (χ0v) is 15.9. The average Bonchev–Trinajstić information content (AvgIpc) is 3.08. The average molecular weight is 377 g/mol. The van der Waals surface area contributed by atoms with Crippen molar-refractivity contribution in [3.05, 3.63) is 29.6 Å². The van der Waals surface area contributed by atoms with Crippen molar-refractivity contribution < 1.29 is 19.4 Å². The van der Waals surface area contributed by atoms with Gasteiger partial charge in [-0.25, -0.2) is 4.98 Å². The number of carboxylic acids is 1. The molecule has 0 aliphatic carbocycles. The highest BCUT2D eigenvalue weighted by Crippen LogP contribution is 2.26. The maximum absolute atomic E-state index is 12.4. The van der Waals surface area contributed by atoms with Gasteiger partial charge in [0.05, 0.1) is 25.4 Å². The highest BCUT2D eigenvalue weighted by molar-refractivity contribution is 7.14. The Kier molecular flexibility index (Phi) is 7.11. The molecule has 0 radical (unpaired) electrons. The van der Waals surface area contributed by atoms with E-state index in [0.29, 0.717) is 11.7 Å². The fourth-order valence-electron chi connectivity index (χ4n) is 2.47. The number of benzene rings is 1. The van der Waals surface area contributed by atoms with Crippen molar-refractivity contribution in [2.75, 3.05) is 25.5 Å². The summed E-state index contributed by atoms with van der Waals surface area (Å²) < 4.78 is 5.14. The van der Waals surface area contributed by atoms with Gasteiger partial charge in [-0.3, -0.25) is 14.5 Å². The van der Waals surface area contributed by atoms with Crippen molar-refractivity contribution in [2.24, 2.45) is 0 Å². The normalized spacial score (nSPS) is 12.0. The molecule has 0 bridgehead atoms. The third kappa shape index (κ3) is 5.27. The van der Waals surface area contributed by atoms with Crippen molar-refractivity contribution in [3.63, 3.8) is 0 Å². The zero-order chi connectivity index (χ0) is 19.1. The van der Waals surface area contributed by atoms with Crippen LogP contribution in [-0.2, 0) is 9.59 Å². The number of rotatable bonds is 9. The molecule has 0 spiro atoms. The maximum atomic E-state index is 12.4. The van der Waals surface area contributed by atoms with E-state index in [4.69, 9.17) is 9.84 Å². The van der Waals surface area contributed by atoms with Gasteiger partial charge in [-0.2, -0.15) is 0 Å². The van der Waals surface area contributed by atoms with E-state index in [0.717, 1.165) is 23.4 Å². The Bertz CT molecular complexity index is 745. The number of amides is 1. The second kappa shape index (κ2) is 9.30. The Morgan fingerprint density at radius 1 is 1.35 bits per heavy atom. The fourth-order valence-corrected chi connectivity index (χ4v) is 3.19. The van der Waals surface area contributed by atoms with Crippen molar-refractivity contribution in [1.82, 2.24) is 9.88 Å². The summed E-state index contributed by atoms with van der Waals surface area (Å²) in [6, 6.07) is 6.95. The third-order valence-corrected chi connectivity index (χ3v) is 4.65. The molecule has 0 aliphatic heterocycles. The Balaban J connectivity index is 2.04. The van der Waals surface area contributed by atoms with Crippen LogP contribution in [0.3, 0.4) is 0 Å². The number of carbonyl (C=O) groups is 2. The Morgan fingerprint density at radius 2 is 2.04 bits per heavy atom. The van der Waals surface area contributed by atoms with Gasteiger partial charge in [0.15, 0.2) is 5.13 Å². The molecule has 1 amide bonds. The van der Waals surface area contributed by atoms with Crippen molar-refractivity contribution in [2.45, 2.75) is 26.3 Å². The number of nitrogens with one attached hydrogen (secondary N) is 1. The summed E-state index contributed by atoms with van der Waals surface area (Å²) in [4.78, 5) is 29.5. The molecule has 0 saturated carbocycles. The third-order valence-electron chi connectivity index (χ3n) is 3.90. The highest BCUT2D eigenvalue weighted by atomic mass is 32.1. The molecule has 1 atom stereocenters. The monoisotopic (exact) mass is 377 g/mol. The molecule has 26 heavy (non-hydrogen) atoms. The number of ether oxygens (including phenoxy) is 1. The van der Waals surface area contributed by atoms with Crippen LogP contribution in [0, 0.1) is 0 Å². The summed E-state index contributed by atoms with van der Waals surface area (Å²) in [7, 11) is 1.61. The van der Waals surface area contributed by atoms with Crippen LogP contribution < -0.4 is 10.1 Å². The van der Waals surface area contributed by atoms with Gasteiger partial charge in [0.1, 0.15) is 5.75 Å². The quantitative estimate of drug-likeness (QED) is 0.698. The standard InChI is InChI=1S/C18H23N3O4S/c1-4-9-21(10-16(22)23)12(2)17(24)20-18-19-15(11-26-18)13-5-7-14(25-3)8-6-13/h5-8,11-12H,4,9-10H2,1-3H3,(H,22,23)(H,19,20,24). The second-order valence-corrected chi connectivity index (χ2v) is 6.65. The van der Waals surface area contributed by atoms with Gasteiger partial charge in [0.25, 0.3) is 0 Å². The van der Waals surface area contributed by atoms with E-state index in [1.807, 2.05) is 36.6 Å². The summed E-state index contributed by atoms with van der Waals surface area (Å²) in [5, 5.41) is 14.1. The van der Waals surface area contributed by atoms with Gasteiger partial charge >= 0.3 is 5.97 Å². The van der Waals surface area contributed by atoms with E-state index >= 15 is 0 Å². The number of thiazole rings is 1. The topological polar surface area (TPSA) is 91.8 Å². The van der Waals surface area contributed by atoms with Gasteiger partial charge < -0.3 is 15.2 Å². The SMILES string of the molecule is CCCN(CC(=O)O)C(C)C(=O)Nc1nc(-c2ccc(OC)cc2)cs1. The largest absolute Gasteiger partial charge is 0.497 e. The van der Waals surface area contributed by atoms with Crippen LogP contribution in [0.2, 0.25) is 0 Å². The molecule has 0 aliphatic rings. The van der Waals surface area contributed by atoms with Gasteiger partial charge in [-0.1, -0.05) is 6.92 Å². The Hall–Kier alpha value is -2.45. The molecule has 1 heterocycles. The number of methoxy groups -OCH3 is 1. The van der Waals surface area contributed by atoms with E-state index in [2.05, 4.69) is 10.3 Å². The molecule has 0 fully saturated rings. The Labute approximate surface area is 156 Å². The number of hydrogen-bond donors (Lipinski definition) is 2. The van der Waals surface area contributed by atoms with Gasteiger partial charge in [0, 0.05) is 10.9 Å². The molecule has 0 saturated heterocycles. The minimum Gasteiger partial charge on any atom is -0.497 e. The Morgan fingerprint density at radius 3 is 2.62 bits per heavy atom. The molecule has 7 nitrogen and oxygen atoms in total. The summed E-state index contributed by atoms with van der Waals surface area (Å²) in [6.45, 7) is 4.01. The van der Waals surface area contributed by atoms with Crippen molar-refractivity contribution in [3.8, 4) is 17.0 Å². The number of nitrogens with zero attached hydrogens (tertiary/aromatic N) is 2.